The molecule has 1 fully saturated rings. The lowest BCUT2D eigenvalue weighted by atomic mass is 10.0. The third kappa shape index (κ3) is 9.50. The topological polar surface area (TPSA) is 96.0 Å². The Balaban J connectivity index is 1.48. The Hall–Kier alpha value is -4.05. The van der Waals surface area contributed by atoms with Crippen LogP contribution in [0.2, 0.25) is 10.0 Å². The molecule has 0 bridgehead atoms. The highest BCUT2D eigenvalue weighted by Gasteiger charge is 2.34. The lowest BCUT2D eigenvalue weighted by Crippen LogP contribution is -2.54. The summed E-state index contributed by atoms with van der Waals surface area (Å²) in [6.45, 7) is -0.573. The van der Waals surface area contributed by atoms with Gasteiger partial charge in [-0.1, -0.05) is 90.6 Å². The monoisotopic (exact) mass is 693 g/mol. The minimum absolute atomic E-state index is 0.0148. The van der Waals surface area contributed by atoms with Gasteiger partial charge >= 0.3 is 0 Å². The zero-order valence-corrected chi connectivity index (χ0v) is 28.3. The van der Waals surface area contributed by atoms with Gasteiger partial charge in [-0.15, -0.1) is 0 Å². The van der Waals surface area contributed by atoms with Crippen LogP contribution < -0.4 is 14.4 Å². The van der Waals surface area contributed by atoms with Gasteiger partial charge in [0.25, 0.3) is 0 Å². The van der Waals surface area contributed by atoms with Gasteiger partial charge < -0.3 is 15.0 Å². The molecular weight excluding hydrogens is 657 g/mol. The molecule has 1 aliphatic carbocycles. The maximum absolute atomic E-state index is 14.4. The highest BCUT2D eigenvalue weighted by molar-refractivity contribution is 7.92. The lowest BCUT2D eigenvalue weighted by molar-refractivity contribution is -0.140. The van der Waals surface area contributed by atoms with Crippen LogP contribution in [0.25, 0.3) is 0 Å². The van der Waals surface area contributed by atoms with E-state index in [2.05, 4.69) is 5.32 Å². The van der Waals surface area contributed by atoms with Crippen LogP contribution in [0.3, 0.4) is 0 Å². The predicted octanol–water partition coefficient (Wildman–Crippen LogP) is 7.25. The summed E-state index contributed by atoms with van der Waals surface area (Å²) in [5.41, 5.74) is 1.71. The van der Waals surface area contributed by atoms with E-state index in [9.17, 15) is 18.0 Å². The maximum Gasteiger partial charge on any atom is 0.244 e. The number of anilines is 1. The van der Waals surface area contributed by atoms with Crippen LogP contribution in [0.4, 0.5) is 5.69 Å². The van der Waals surface area contributed by atoms with Gasteiger partial charge in [-0.3, -0.25) is 13.9 Å². The molecule has 0 spiro atoms. The van der Waals surface area contributed by atoms with Crippen molar-refractivity contribution in [3.8, 4) is 11.5 Å². The number of para-hydroxylation sites is 1. The average molecular weight is 695 g/mol. The van der Waals surface area contributed by atoms with Crippen molar-refractivity contribution in [2.45, 2.75) is 50.7 Å². The minimum atomic E-state index is -3.93. The summed E-state index contributed by atoms with van der Waals surface area (Å²) in [6, 6.07) is 29.1. The van der Waals surface area contributed by atoms with Gasteiger partial charge in [-0.05, 0) is 72.5 Å². The molecule has 4 aromatic carbocycles. The predicted molar refractivity (Wildman–Crippen MR) is 186 cm³/mol. The zero-order valence-electron chi connectivity index (χ0n) is 26.0. The number of sulfonamides is 1. The first kappa shape index (κ1) is 34.3. The van der Waals surface area contributed by atoms with Crippen LogP contribution in [0, 0.1) is 0 Å². The van der Waals surface area contributed by atoms with E-state index >= 15 is 0 Å². The van der Waals surface area contributed by atoms with E-state index in [0.29, 0.717) is 27.1 Å². The molecule has 2 amide bonds. The Kier molecular flexibility index (Phi) is 11.4. The molecule has 8 nitrogen and oxygen atoms in total. The number of hydrogen-bond donors (Lipinski definition) is 1. The first-order valence-corrected chi connectivity index (χ1v) is 18.1. The number of benzene rings is 4. The molecule has 1 saturated carbocycles. The van der Waals surface area contributed by atoms with Gasteiger partial charge in [-0.2, -0.15) is 0 Å². The van der Waals surface area contributed by atoms with E-state index in [1.165, 1.54) is 4.90 Å². The number of nitrogens with one attached hydrogen (secondary N) is 1. The summed E-state index contributed by atoms with van der Waals surface area (Å²) in [5.74, 6) is 0.276. The van der Waals surface area contributed by atoms with Crippen LogP contribution >= 0.6 is 23.2 Å². The van der Waals surface area contributed by atoms with Crippen molar-refractivity contribution in [1.82, 2.24) is 10.2 Å². The van der Waals surface area contributed by atoms with Crippen molar-refractivity contribution in [3.63, 3.8) is 0 Å². The Labute approximate surface area is 286 Å². The second kappa shape index (κ2) is 15.7. The van der Waals surface area contributed by atoms with Crippen LogP contribution in [0.15, 0.2) is 103 Å². The van der Waals surface area contributed by atoms with Crippen molar-refractivity contribution in [3.05, 3.63) is 124 Å². The van der Waals surface area contributed by atoms with E-state index in [-0.39, 0.29) is 30.6 Å². The summed E-state index contributed by atoms with van der Waals surface area (Å²) >= 11 is 12.7. The normalized spacial score (nSPS) is 13.9. The number of rotatable bonds is 13. The van der Waals surface area contributed by atoms with Crippen LogP contribution in [-0.4, -0.2) is 50.0 Å². The summed E-state index contributed by atoms with van der Waals surface area (Å²) in [6.07, 6.45) is 5.05. The van der Waals surface area contributed by atoms with Gasteiger partial charge in [0.15, 0.2) is 0 Å². The summed E-state index contributed by atoms with van der Waals surface area (Å²) < 4.78 is 33.2. The number of carbonyl (C=O) groups excluding carboxylic acids is 2. The van der Waals surface area contributed by atoms with Crippen LogP contribution in [-0.2, 0) is 32.6 Å². The molecule has 0 aromatic heterocycles. The van der Waals surface area contributed by atoms with Crippen molar-refractivity contribution in [1.29, 1.82) is 0 Å². The number of halogens is 2. The third-order valence-electron chi connectivity index (χ3n) is 8.11. The second-order valence-corrected chi connectivity index (χ2v) is 14.4. The highest BCUT2D eigenvalue weighted by atomic mass is 35.5. The fourth-order valence-electron chi connectivity index (χ4n) is 5.67. The van der Waals surface area contributed by atoms with Gasteiger partial charge in [0.05, 0.1) is 11.9 Å². The van der Waals surface area contributed by atoms with Gasteiger partial charge in [-0.25, -0.2) is 8.42 Å². The van der Waals surface area contributed by atoms with Crippen molar-refractivity contribution in [2.24, 2.45) is 0 Å². The maximum atomic E-state index is 14.4. The van der Waals surface area contributed by atoms with Crippen LogP contribution in [0.1, 0.15) is 36.8 Å². The average Bonchev–Trinajstić information content (AvgIpc) is 3.56. The van der Waals surface area contributed by atoms with Crippen LogP contribution in [0.5, 0.6) is 11.5 Å². The molecule has 11 heteroatoms. The summed E-state index contributed by atoms with van der Waals surface area (Å²) in [4.78, 5) is 29.8. The van der Waals surface area contributed by atoms with E-state index < -0.39 is 28.5 Å². The van der Waals surface area contributed by atoms with Crippen molar-refractivity contribution in [2.75, 3.05) is 17.1 Å². The molecule has 1 aliphatic rings. The summed E-state index contributed by atoms with van der Waals surface area (Å²) in [5, 5.41) is 3.92. The molecule has 5 rings (SSSR count). The van der Waals surface area contributed by atoms with Gasteiger partial charge in [0.2, 0.25) is 21.8 Å². The Bertz CT molecular complexity index is 1770. The molecule has 1 N–H and O–H groups in total. The molecule has 246 valence electrons. The molecule has 0 radical (unpaired) electrons. The molecule has 1 atom stereocenters. The zero-order chi connectivity index (χ0) is 33.4. The van der Waals surface area contributed by atoms with E-state index in [4.69, 9.17) is 27.9 Å². The first-order chi connectivity index (χ1) is 22.6. The fraction of sp³-hybridized carbons (Fsp3) is 0.278. The Morgan fingerprint density at radius 2 is 1.49 bits per heavy atom. The number of ether oxygens (including phenoxy) is 1. The highest BCUT2D eigenvalue weighted by Crippen LogP contribution is 2.28. The van der Waals surface area contributed by atoms with E-state index in [1.54, 1.807) is 42.5 Å². The fourth-order valence-corrected chi connectivity index (χ4v) is 6.99. The molecule has 4 aromatic rings. The van der Waals surface area contributed by atoms with Crippen molar-refractivity contribution < 1.29 is 22.7 Å². The van der Waals surface area contributed by atoms with E-state index in [1.807, 2.05) is 60.7 Å². The number of amides is 2. The Morgan fingerprint density at radius 3 is 2.11 bits per heavy atom. The largest absolute Gasteiger partial charge is 0.457 e. The van der Waals surface area contributed by atoms with Gasteiger partial charge in [0, 0.05) is 29.1 Å². The standard InChI is InChI=1S/C36H37Cl2N3O5S/c1-47(44,45)41(30-18-20-32(21-19-30)46-31-14-6-3-7-15-31)25-35(42)40(24-27-16-17-28(37)23-33(27)38)34(22-26-10-4-2-5-11-26)36(43)39-29-12-8-9-13-29/h2-7,10-11,14-21,23,29,34H,8-9,12-13,22,24-25H2,1H3,(H,39,43)/t34-/m1/s1. The molecule has 0 aliphatic heterocycles. The number of hydrogen-bond acceptors (Lipinski definition) is 5. The second-order valence-electron chi connectivity index (χ2n) is 11.6. The molecule has 0 heterocycles. The number of carbonyl (C=O) groups is 2. The van der Waals surface area contributed by atoms with E-state index in [0.717, 1.165) is 41.8 Å². The smallest absolute Gasteiger partial charge is 0.244 e. The molecule has 0 unspecified atom stereocenters. The molecular formula is C36H37Cl2N3O5S. The lowest BCUT2D eigenvalue weighted by Gasteiger charge is -2.34. The SMILES string of the molecule is CS(=O)(=O)N(CC(=O)N(Cc1ccc(Cl)cc1Cl)[C@H](Cc1ccccc1)C(=O)NC1CCCC1)c1ccc(Oc2ccccc2)cc1. The minimum Gasteiger partial charge on any atom is -0.457 e. The third-order valence-corrected chi connectivity index (χ3v) is 9.84. The number of nitrogens with zero attached hydrogens (tertiary/aromatic N) is 2. The van der Waals surface area contributed by atoms with Gasteiger partial charge in [0.1, 0.15) is 24.1 Å². The quantitative estimate of drug-likeness (QED) is 0.159. The summed E-state index contributed by atoms with van der Waals surface area (Å²) in [7, 11) is -3.93. The Morgan fingerprint density at radius 1 is 0.872 bits per heavy atom. The van der Waals surface area contributed by atoms with Crippen molar-refractivity contribution >= 4 is 50.7 Å². The molecule has 0 saturated heterocycles. The first-order valence-electron chi connectivity index (χ1n) is 15.5. The molecule has 47 heavy (non-hydrogen) atoms.